The van der Waals surface area contributed by atoms with Crippen LogP contribution in [0.1, 0.15) is 21.5 Å². The van der Waals surface area contributed by atoms with Crippen molar-refractivity contribution in [2.45, 2.75) is 23.8 Å². The molecular weight excluding hydrogens is 296 g/mol. The third-order valence-electron chi connectivity index (χ3n) is 3.40. The second-order valence-corrected chi connectivity index (χ2v) is 6.12. The van der Waals surface area contributed by atoms with Crippen LogP contribution >= 0.6 is 11.8 Å². The number of nitrogens with zero attached hydrogens (tertiary/aromatic N) is 2. The summed E-state index contributed by atoms with van der Waals surface area (Å²) in [6.45, 7) is 3.90. The van der Waals surface area contributed by atoms with E-state index < -0.39 is 0 Å². The molecule has 0 radical (unpaired) electrons. The fourth-order valence-corrected chi connectivity index (χ4v) is 3.06. The van der Waals surface area contributed by atoms with Gasteiger partial charge in [0, 0.05) is 11.1 Å². The second-order valence-electron chi connectivity index (χ2n) is 5.05. The van der Waals surface area contributed by atoms with E-state index in [-0.39, 0.29) is 11.1 Å². The Hall–Kier alpha value is -2.40. The van der Waals surface area contributed by atoms with Crippen LogP contribution in [-0.2, 0) is 0 Å². The van der Waals surface area contributed by atoms with Crippen LogP contribution in [0.2, 0.25) is 0 Å². The summed E-state index contributed by atoms with van der Waals surface area (Å²) in [7, 11) is 0. The van der Waals surface area contributed by atoms with Crippen molar-refractivity contribution in [3.8, 4) is 0 Å². The summed E-state index contributed by atoms with van der Waals surface area (Å²) in [6.07, 6.45) is 2.21. The Kier molecular flexibility index (Phi) is 3.81. The van der Waals surface area contributed by atoms with Crippen LogP contribution in [0, 0.1) is 13.8 Å². The molecule has 4 nitrogen and oxygen atoms in total. The lowest BCUT2D eigenvalue weighted by Gasteiger charge is -2.08. The Morgan fingerprint density at radius 3 is 2.55 bits per heavy atom. The maximum Gasteiger partial charge on any atom is 0.269 e. The SMILES string of the molecule is Cc1ccc(Sc2nc3c(C)cccn3c(=O)c2C=O)cc1. The predicted octanol–water partition coefficient (Wildman–Crippen LogP) is 3.28. The third kappa shape index (κ3) is 2.55. The van der Waals surface area contributed by atoms with Gasteiger partial charge in [-0.1, -0.05) is 35.5 Å². The number of fused-ring (bicyclic) bond motifs is 1. The van der Waals surface area contributed by atoms with Gasteiger partial charge < -0.3 is 0 Å². The van der Waals surface area contributed by atoms with Gasteiger partial charge in [0.2, 0.25) is 0 Å². The number of aryl methyl sites for hydroxylation is 2. The van der Waals surface area contributed by atoms with Crippen LogP contribution in [0.5, 0.6) is 0 Å². The summed E-state index contributed by atoms with van der Waals surface area (Å²) >= 11 is 1.33. The van der Waals surface area contributed by atoms with Crippen LogP contribution in [0.15, 0.2) is 57.3 Å². The standard InChI is InChI=1S/C17H14N2O2S/c1-11-5-7-13(8-6-11)22-16-14(10-20)17(21)19-9-3-4-12(2)15(19)18-16/h3-10H,1-2H3. The highest BCUT2D eigenvalue weighted by atomic mass is 32.2. The molecule has 0 aliphatic heterocycles. The molecule has 3 rings (SSSR count). The van der Waals surface area contributed by atoms with Gasteiger partial charge in [0.05, 0.1) is 0 Å². The minimum atomic E-state index is -0.335. The summed E-state index contributed by atoms with van der Waals surface area (Å²) in [5.74, 6) is 0. The molecule has 0 spiro atoms. The zero-order chi connectivity index (χ0) is 15.7. The maximum atomic E-state index is 12.5. The molecule has 0 atom stereocenters. The van der Waals surface area contributed by atoms with Crippen molar-refractivity contribution in [3.05, 3.63) is 69.6 Å². The molecule has 0 saturated heterocycles. The number of aldehydes is 1. The van der Waals surface area contributed by atoms with Crippen LogP contribution in [0.25, 0.3) is 5.65 Å². The van der Waals surface area contributed by atoms with Gasteiger partial charge in [-0.25, -0.2) is 4.98 Å². The average Bonchev–Trinajstić information content (AvgIpc) is 2.51. The van der Waals surface area contributed by atoms with Crippen LogP contribution < -0.4 is 5.56 Å². The highest BCUT2D eigenvalue weighted by Crippen LogP contribution is 2.28. The van der Waals surface area contributed by atoms with Crippen LogP contribution in [0.4, 0.5) is 0 Å². The first-order valence-electron chi connectivity index (χ1n) is 6.82. The second kappa shape index (κ2) is 5.77. The molecule has 0 aliphatic carbocycles. The summed E-state index contributed by atoms with van der Waals surface area (Å²) in [4.78, 5) is 29.3. The fraction of sp³-hybridized carbons (Fsp3) is 0.118. The number of hydrogen-bond acceptors (Lipinski definition) is 4. The van der Waals surface area contributed by atoms with Crippen molar-refractivity contribution in [1.82, 2.24) is 9.38 Å². The number of carbonyl (C=O) groups excluding carboxylic acids is 1. The molecule has 5 heteroatoms. The Labute approximate surface area is 131 Å². The predicted molar refractivity (Wildman–Crippen MR) is 86.9 cm³/mol. The minimum absolute atomic E-state index is 0.0914. The Bertz CT molecular complexity index is 914. The van der Waals surface area contributed by atoms with Gasteiger partial charge in [-0.15, -0.1) is 0 Å². The number of hydrogen-bond donors (Lipinski definition) is 0. The average molecular weight is 310 g/mol. The molecule has 0 unspecified atom stereocenters. The van der Waals surface area contributed by atoms with Gasteiger partial charge in [-0.3, -0.25) is 14.0 Å². The van der Waals surface area contributed by atoms with Gasteiger partial charge in [0.15, 0.2) is 6.29 Å². The van der Waals surface area contributed by atoms with Crippen molar-refractivity contribution >= 4 is 23.7 Å². The Balaban J connectivity index is 2.20. The van der Waals surface area contributed by atoms with E-state index in [0.717, 1.165) is 16.0 Å². The van der Waals surface area contributed by atoms with E-state index in [4.69, 9.17) is 0 Å². The van der Waals surface area contributed by atoms with E-state index >= 15 is 0 Å². The number of benzene rings is 1. The lowest BCUT2D eigenvalue weighted by molar-refractivity contribution is 0.111. The lowest BCUT2D eigenvalue weighted by atomic mass is 10.2. The topological polar surface area (TPSA) is 51.4 Å². The number of carbonyl (C=O) groups is 1. The van der Waals surface area contributed by atoms with Gasteiger partial charge in [0.1, 0.15) is 16.2 Å². The smallest absolute Gasteiger partial charge is 0.269 e. The summed E-state index contributed by atoms with van der Waals surface area (Å²) in [5.41, 5.74) is 2.38. The molecule has 2 heterocycles. The molecule has 0 fully saturated rings. The molecule has 0 bridgehead atoms. The minimum Gasteiger partial charge on any atom is -0.298 e. The van der Waals surface area contributed by atoms with Crippen LogP contribution in [0.3, 0.4) is 0 Å². The third-order valence-corrected chi connectivity index (χ3v) is 4.42. The molecule has 3 aromatic rings. The zero-order valence-electron chi connectivity index (χ0n) is 12.2. The zero-order valence-corrected chi connectivity index (χ0v) is 13.1. The molecule has 0 N–H and O–H groups in total. The molecular formula is C17H14N2O2S. The first-order chi connectivity index (χ1) is 10.6. The lowest BCUT2D eigenvalue weighted by Crippen LogP contribution is -2.21. The van der Waals surface area contributed by atoms with E-state index in [2.05, 4.69) is 4.98 Å². The number of pyridine rings is 1. The monoisotopic (exact) mass is 310 g/mol. The van der Waals surface area contributed by atoms with Crippen molar-refractivity contribution in [2.24, 2.45) is 0 Å². The molecule has 0 saturated carbocycles. The van der Waals surface area contributed by atoms with E-state index in [1.165, 1.54) is 16.2 Å². The molecule has 0 amide bonds. The maximum absolute atomic E-state index is 12.5. The Morgan fingerprint density at radius 1 is 1.14 bits per heavy atom. The molecule has 22 heavy (non-hydrogen) atoms. The summed E-state index contributed by atoms with van der Waals surface area (Å²) in [6, 6.07) is 11.5. The van der Waals surface area contributed by atoms with Crippen molar-refractivity contribution in [2.75, 3.05) is 0 Å². The Morgan fingerprint density at radius 2 is 1.86 bits per heavy atom. The number of rotatable bonds is 3. The normalized spacial score (nSPS) is 10.8. The van der Waals surface area contributed by atoms with Gasteiger partial charge >= 0.3 is 0 Å². The summed E-state index contributed by atoms with van der Waals surface area (Å²) in [5, 5.41) is 0.443. The first kappa shape index (κ1) is 14.5. The van der Waals surface area contributed by atoms with E-state index in [1.807, 2.05) is 44.2 Å². The van der Waals surface area contributed by atoms with Crippen molar-refractivity contribution in [1.29, 1.82) is 0 Å². The van der Waals surface area contributed by atoms with Crippen LogP contribution in [-0.4, -0.2) is 15.7 Å². The van der Waals surface area contributed by atoms with Crippen molar-refractivity contribution in [3.63, 3.8) is 0 Å². The van der Waals surface area contributed by atoms with Gasteiger partial charge in [0.25, 0.3) is 5.56 Å². The highest BCUT2D eigenvalue weighted by Gasteiger charge is 2.14. The van der Waals surface area contributed by atoms with Gasteiger partial charge in [-0.2, -0.15) is 0 Å². The first-order valence-corrected chi connectivity index (χ1v) is 7.63. The number of aromatic nitrogens is 2. The van der Waals surface area contributed by atoms with Gasteiger partial charge in [-0.05, 0) is 37.6 Å². The van der Waals surface area contributed by atoms with Crippen molar-refractivity contribution < 1.29 is 4.79 Å². The molecule has 2 aromatic heterocycles. The molecule has 0 aliphatic rings. The van der Waals surface area contributed by atoms with E-state index in [0.29, 0.717) is 17.0 Å². The summed E-state index contributed by atoms with van der Waals surface area (Å²) < 4.78 is 1.41. The largest absolute Gasteiger partial charge is 0.298 e. The highest BCUT2D eigenvalue weighted by molar-refractivity contribution is 7.99. The van der Waals surface area contributed by atoms with E-state index in [1.54, 1.807) is 12.3 Å². The molecule has 110 valence electrons. The van der Waals surface area contributed by atoms with E-state index in [9.17, 15) is 9.59 Å². The fourth-order valence-electron chi connectivity index (χ4n) is 2.19. The molecule has 1 aromatic carbocycles. The quantitative estimate of drug-likeness (QED) is 0.550.